The summed E-state index contributed by atoms with van der Waals surface area (Å²) in [7, 11) is 0. The van der Waals surface area contributed by atoms with Gasteiger partial charge in [-0.05, 0) is 12.1 Å². The van der Waals surface area contributed by atoms with Crippen molar-refractivity contribution in [2.75, 3.05) is 5.32 Å². The molecule has 2 heterocycles. The van der Waals surface area contributed by atoms with Gasteiger partial charge in [-0.2, -0.15) is 10.1 Å². The maximum atomic E-state index is 12.3. The number of para-hydroxylation sites is 1. The van der Waals surface area contributed by atoms with Gasteiger partial charge in [0, 0.05) is 16.8 Å². The van der Waals surface area contributed by atoms with Gasteiger partial charge in [-0.3, -0.25) is 4.79 Å². The summed E-state index contributed by atoms with van der Waals surface area (Å²) in [4.78, 5) is 16.5. The SMILES string of the molecule is O=c1nc2n(nc1-c1ccccc1)CNc1ccccc1-2. The Morgan fingerprint density at radius 3 is 2.62 bits per heavy atom. The highest BCUT2D eigenvalue weighted by Crippen LogP contribution is 2.29. The van der Waals surface area contributed by atoms with Crippen molar-refractivity contribution in [1.82, 2.24) is 14.8 Å². The van der Waals surface area contributed by atoms with Crippen molar-refractivity contribution in [2.24, 2.45) is 0 Å². The Kier molecular flexibility index (Phi) is 2.57. The molecule has 3 aromatic rings. The van der Waals surface area contributed by atoms with Gasteiger partial charge in [-0.15, -0.1) is 0 Å². The zero-order valence-corrected chi connectivity index (χ0v) is 11.2. The smallest absolute Gasteiger partial charge is 0.300 e. The fourth-order valence-electron chi connectivity index (χ4n) is 2.50. The Morgan fingerprint density at radius 2 is 1.76 bits per heavy atom. The van der Waals surface area contributed by atoms with Crippen LogP contribution in [0, 0.1) is 0 Å². The summed E-state index contributed by atoms with van der Waals surface area (Å²) in [5.74, 6) is 0.606. The van der Waals surface area contributed by atoms with Gasteiger partial charge in [-0.25, -0.2) is 4.68 Å². The molecule has 102 valence electrons. The molecule has 0 unspecified atom stereocenters. The fraction of sp³-hybridized carbons (Fsp3) is 0.0625. The third kappa shape index (κ3) is 1.90. The van der Waals surface area contributed by atoms with Crippen molar-refractivity contribution in [3.05, 3.63) is 65.0 Å². The predicted octanol–water partition coefficient (Wildman–Crippen LogP) is 2.36. The lowest BCUT2D eigenvalue weighted by Crippen LogP contribution is -2.26. The third-order valence-corrected chi connectivity index (χ3v) is 3.51. The summed E-state index contributed by atoms with van der Waals surface area (Å²) >= 11 is 0. The number of anilines is 1. The van der Waals surface area contributed by atoms with Crippen LogP contribution in [0.1, 0.15) is 0 Å². The van der Waals surface area contributed by atoms with Crippen LogP contribution in [0.25, 0.3) is 22.6 Å². The van der Waals surface area contributed by atoms with E-state index in [1.54, 1.807) is 4.68 Å². The summed E-state index contributed by atoms with van der Waals surface area (Å²) in [5.41, 5.74) is 2.72. The van der Waals surface area contributed by atoms with E-state index >= 15 is 0 Å². The standard InChI is InChI=1S/C16H12N4O/c21-16-14(11-6-2-1-3-7-11)19-20-10-17-13-9-5-4-8-12(13)15(20)18-16/h1-9,17H,10H2. The Bertz CT molecular complexity index is 871. The van der Waals surface area contributed by atoms with Crippen LogP contribution >= 0.6 is 0 Å². The van der Waals surface area contributed by atoms with Gasteiger partial charge in [0.1, 0.15) is 6.67 Å². The van der Waals surface area contributed by atoms with Crippen molar-refractivity contribution in [3.63, 3.8) is 0 Å². The van der Waals surface area contributed by atoms with Crippen LogP contribution in [0.15, 0.2) is 59.4 Å². The van der Waals surface area contributed by atoms with Gasteiger partial charge in [0.05, 0.1) is 0 Å². The molecule has 1 aliphatic heterocycles. The molecule has 0 radical (unpaired) electrons. The summed E-state index contributed by atoms with van der Waals surface area (Å²) in [6.07, 6.45) is 0. The largest absolute Gasteiger partial charge is 0.366 e. The number of nitrogens with zero attached hydrogens (tertiary/aromatic N) is 3. The molecule has 4 rings (SSSR count). The first-order valence-corrected chi connectivity index (χ1v) is 6.71. The van der Waals surface area contributed by atoms with Crippen LogP contribution in [0.5, 0.6) is 0 Å². The third-order valence-electron chi connectivity index (χ3n) is 3.51. The van der Waals surface area contributed by atoms with Gasteiger partial charge in [0.2, 0.25) is 0 Å². The number of aromatic nitrogens is 3. The summed E-state index contributed by atoms with van der Waals surface area (Å²) in [6.45, 7) is 0.499. The molecule has 2 aromatic carbocycles. The molecular weight excluding hydrogens is 264 g/mol. The molecule has 5 nitrogen and oxygen atoms in total. The molecule has 0 saturated carbocycles. The maximum Gasteiger partial charge on any atom is 0.300 e. The molecule has 1 aliphatic rings. The Labute approximate surface area is 120 Å². The molecule has 0 amide bonds. The molecule has 5 heteroatoms. The lowest BCUT2D eigenvalue weighted by molar-refractivity contribution is 0.631. The van der Waals surface area contributed by atoms with Gasteiger partial charge < -0.3 is 5.32 Å². The van der Waals surface area contributed by atoms with E-state index in [4.69, 9.17) is 0 Å². The van der Waals surface area contributed by atoms with Crippen molar-refractivity contribution < 1.29 is 0 Å². The molecule has 21 heavy (non-hydrogen) atoms. The highest BCUT2D eigenvalue weighted by Gasteiger charge is 2.19. The normalized spacial score (nSPS) is 12.2. The second-order valence-electron chi connectivity index (χ2n) is 4.84. The molecular formula is C16H12N4O. The Balaban J connectivity index is 1.93. The van der Waals surface area contributed by atoms with E-state index in [9.17, 15) is 4.79 Å². The summed E-state index contributed by atoms with van der Waals surface area (Å²) in [6, 6.07) is 17.2. The Hall–Kier alpha value is -2.95. The van der Waals surface area contributed by atoms with E-state index in [0.29, 0.717) is 18.2 Å². The van der Waals surface area contributed by atoms with E-state index < -0.39 is 0 Å². The molecule has 0 spiro atoms. The van der Waals surface area contributed by atoms with E-state index in [1.807, 2.05) is 54.6 Å². The average Bonchev–Trinajstić information content (AvgIpc) is 2.55. The second kappa shape index (κ2) is 4.56. The number of rotatable bonds is 1. The predicted molar refractivity (Wildman–Crippen MR) is 80.8 cm³/mol. The minimum atomic E-state index is -0.302. The number of hydrogen-bond acceptors (Lipinski definition) is 4. The van der Waals surface area contributed by atoms with Gasteiger partial charge in [-0.1, -0.05) is 42.5 Å². The number of benzene rings is 2. The van der Waals surface area contributed by atoms with Crippen molar-refractivity contribution in [3.8, 4) is 22.6 Å². The number of nitrogens with one attached hydrogen (secondary N) is 1. The van der Waals surface area contributed by atoms with Gasteiger partial charge in [0.15, 0.2) is 11.5 Å². The Morgan fingerprint density at radius 1 is 1.00 bits per heavy atom. The van der Waals surface area contributed by atoms with Crippen molar-refractivity contribution in [1.29, 1.82) is 0 Å². The molecule has 0 bridgehead atoms. The van der Waals surface area contributed by atoms with E-state index in [0.717, 1.165) is 16.8 Å². The first kappa shape index (κ1) is 11.8. The van der Waals surface area contributed by atoms with E-state index in [-0.39, 0.29) is 5.56 Å². The second-order valence-corrected chi connectivity index (χ2v) is 4.84. The van der Waals surface area contributed by atoms with Crippen LogP contribution in [-0.2, 0) is 6.67 Å². The molecule has 0 aliphatic carbocycles. The number of hydrogen-bond donors (Lipinski definition) is 1. The van der Waals surface area contributed by atoms with Crippen LogP contribution in [0.2, 0.25) is 0 Å². The van der Waals surface area contributed by atoms with Gasteiger partial charge in [0.25, 0.3) is 5.56 Å². The zero-order chi connectivity index (χ0) is 14.2. The lowest BCUT2D eigenvalue weighted by atomic mass is 10.1. The van der Waals surface area contributed by atoms with Gasteiger partial charge >= 0.3 is 0 Å². The minimum absolute atomic E-state index is 0.302. The molecule has 1 aromatic heterocycles. The number of fused-ring (bicyclic) bond motifs is 3. The first-order valence-electron chi connectivity index (χ1n) is 6.71. The average molecular weight is 276 g/mol. The topological polar surface area (TPSA) is 59.8 Å². The quantitative estimate of drug-likeness (QED) is 0.741. The van der Waals surface area contributed by atoms with Crippen molar-refractivity contribution >= 4 is 5.69 Å². The zero-order valence-electron chi connectivity index (χ0n) is 11.2. The van der Waals surface area contributed by atoms with E-state index in [2.05, 4.69) is 15.4 Å². The summed E-state index contributed by atoms with van der Waals surface area (Å²) < 4.78 is 1.73. The highest BCUT2D eigenvalue weighted by molar-refractivity contribution is 5.75. The van der Waals surface area contributed by atoms with Crippen LogP contribution in [0.3, 0.4) is 0 Å². The monoisotopic (exact) mass is 276 g/mol. The lowest BCUT2D eigenvalue weighted by Gasteiger charge is -2.21. The van der Waals surface area contributed by atoms with Crippen LogP contribution in [-0.4, -0.2) is 14.8 Å². The highest BCUT2D eigenvalue weighted by atomic mass is 16.1. The maximum absolute atomic E-state index is 12.3. The minimum Gasteiger partial charge on any atom is -0.366 e. The van der Waals surface area contributed by atoms with Crippen LogP contribution < -0.4 is 10.9 Å². The molecule has 0 saturated heterocycles. The summed E-state index contributed by atoms with van der Waals surface area (Å²) in [5, 5.41) is 7.74. The molecule has 1 N–H and O–H groups in total. The van der Waals surface area contributed by atoms with Crippen molar-refractivity contribution in [2.45, 2.75) is 6.67 Å². The fourth-order valence-corrected chi connectivity index (χ4v) is 2.50. The molecule has 0 fully saturated rings. The van der Waals surface area contributed by atoms with Crippen LogP contribution in [0.4, 0.5) is 5.69 Å². The molecule has 0 atom stereocenters. The first-order chi connectivity index (χ1) is 10.3. The van der Waals surface area contributed by atoms with E-state index in [1.165, 1.54) is 0 Å².